The Bertz CT molecular complexity index is 750. The predicted molar refractivity (Wildman–Crippen MR) is 63.8 cm³/mol. The third-order valence-corrected chi connectivity index (χ3v) is 2.92. The Morgan fingerprint density at radius 3 is 2.42 bits per heavy atom. The van der Waals surface area contributed by atoms with Crippen LogP contribution in [0.5, 0.6) is 0 Å². The van der Waals surface area contributed by atoms with E-state index < -0.39 is 28.7 Å². The molecule has 6 heteroatoms. The van der Waals surface area contributed by atoms with Gasteiger partial charge in [0, 0.05) is 12.7 Å². The van der Waals surface area contributed by atoms with Gasteiger partial charge in [-0.1, -0.05) is 0 Å². The molecule has 19 heavy (non-hydrogen) atoms. The number of rotatable bonds is 2. The molecule has 0 aliphatic carbocycles. The first-order valence-electron chi connectivity index (χ1n) is 5.60. The molecule has 0 N–H and O–H groups in total. The second-order valence-corrected chi connectivity index (χ2v) is 4.10. The van der Waals surface area contributed by atoms with Crippen molar-refractivity contribution in [1.82, 2.24) is 4.57 Å². The van der Waals surface area contributed by atoms with Crippen molar-refractivity contribution in [3.8, 4) is 0 Å². The second kappa shape index (κ2) is 4.53. The standard InChI is InChI=1S/C13H10F3NO2/c1-3-17-5-8(6(2)18)13(19)7-4-9(14)10(15)11(16)12(7)17/h4-5H,3H2,1-2H3. The first-order chi connectivity index (χ1) is 8.88. The van der Waals surface area contributed by atoms with Crippen molar-refractivity contribution in [1.29, 1.82) is 0 Å². The van der Waals surface area contributed by atoms with Crippen LogP contribution in [0.15, 0.2) is 17.1 Å². The molecule has 0 amide bonds. The summed E-state index contributed by atoms with van der Waals surface area (Å²) < 4.78 is 41.4. The van der Waals surface area contributed by atoms with Gasteiger partial charge in [-0.25, -0.2) is 13.2 Å². The highest BCUT2D eigenvalue weighted by molar-refractivity contribution is 5.97. The minimum atomic E-state index is -1.63. The molecule has 2 aromatic rings. The average molecular weight is 269 g/mol. The lowest BCUT2D eigenvalue weighted by molar-refractivity contribution is 0.101. The molecule has 0 unspecified atom stereocenters. The lowest BCUT2D eigenvalue weighted by atomic mass is 10.1. The zero-order valence-corrected chi connectivity index (χ0v) is 10.3. The smallest absolute Gasteiger partial charge is 0.200 e. The van der Waals surface area contributed by atoms with Crippen molar-refractivity contribution in [2.24, 2.45) is 0 Å². The number of aryl methyl sites for hydroxylation is 1. The highest BCUT2D eigenvalue weighted by atomic mass is 19.2. The van der Waals surface area contributed by atoms with E-state index in [1.165, 1.54) is 11.5 Å². The normalized spacial score (nSPS) is 11.0. The van der Waals surface area contributed by atoms with Crippen LogP contribution in [0.3, 0.4) is 0 Å². The van der Waals surface area contributed by atoms with E-state index in [-0.39, 0.29) is 23.0 Å². The summed E-state index contributed by atoms with van der Waals surface area (Å²) in [5.74, 6) is -5.03. The highest BCUT2D eigenvalue weighted by Gasteiger charge is 2.20. The Hall–Kier alpha value is -2.11. The van der Waals surface area contributed by atoms with Gasteiger partial charge < -0.3 is 4.57 Å². The topological polar surface area (TPSA) is 39.1 Å². The van der Waals surface area contributed by atoms with Gasteiger partial charge in [0.2, 0.25) is 0 Å². The first kappa shape index (κ1) is 13.3. The maximum Gasteiger partial charge on any atom is 0.200 e. The number of pyridine rings is 1. The Kier molecular flexibility index (Phi) is 3.18. The Morgan fingerprint density at radius 1 is 1.26 bits per heavy atom. The largest absolute Gasteiger partial charge is 0.344 e. The summed E-state index contributed by atoms with van der Waals surface area (Å²) in [5.41, 5.74) is -1.32. The van der Waals surface area contributed by atoms with Crippen molar-refractivity contribution in [2.45, 2.75) is 20.4 Å². The highest BCUT2D eigenvalue weighted by Crippen LogP contribution is 2.21. The van der Waals surface area contributed by atoms with E-state index in [9.17, 15) is 22.8 Å². The van der Waals surface area contributed by atoms with Crippen molar-refractivity contribution < 1.29 is 18.0 Å². The average Bonchev–Trinajstić information content (AvgIpc) is 2.37. The fourth-order valence-electron chi connectivity index (χ4n) is 1.96. The molecule has 0 radical (unpaired) electrons. The van der Waals surface area contributed by atoms with Crippen LogP contribution in [0.4, 0.5) is 13.2 Å². The van der Waals surface area contributed by atoms with Crippen LogP contribution in [-0.2, 0) is 6.54 Å². The van der Waals surface area contributed by atoms with Gasteiger partial charge >= 0.3 is 0 Å². The van der Waals surface area contributed by atoms with E-state index in [1.807, 2.05) is 0 Å². The molecule has 0 saturated carbocycles. The zero-order valence-electron chi connectivity index (χ0n) is 10.3. The lowest BCUT2D eigenvalue weighted by Crippen LogP contribution is -2.19. The van der Waals surface area contributed by atoms with E-state index in [0.717, 1.165) is 6.20 Å². The molecule has 0 spiro atoms. The van der Waals surface area contributed by atoms with E-state index >= 15 is 0 Å². The molecule has 1 heterocycles. The number of nitrogens with zero attached hydrogens (tertiary/aromatic N) is 1. The molecule has 0 aliphatic rings. The van der Waals surface area contributed by atoms with E-state index in [1.54, 1.807) is 6.92 Å². The third kappa shape index (κ3) is 1.93. The molecule has 100 valence electrons. The quantitative estimate of drug-likeness (QED) is 0.621. The summed E-state index contributed by atoms with van der Waals surface area (Å²) in [5, 5.41) is -0.342. The van der Waals surface area contributed by atoms with Gasteiger partial charge in [-0.3, -0.25) is 9.59 Å². The second-order valence-electron chi connectivity index (χ2n) is 4.10. The Morgan fingerprint density at radius 2 is 1.89 bits per heavy atom. The van der Waals surface area contributed by atoms with Crippen LogP contribution in [0.25, 0.3) is 10.9 Å². The van der Waals surface area contributed by atoms with Crippen LogP contribution < -0.4 is 5.43 Å². The lowest BCUT2D eigenvalue weighted by Gasteiger charge is -2.11. The molecular formula is C13H10F3NO2. The van der Waals surface area contributed by atoms with Crippen LogP contribution in [-0.4, -0.2) is 10.4 Å². The summed E-state index contributed by atoms with van der Waals surface area (Å²) in [6.45, 7) is 3.02. The molecular weight excluding hydrogens is 259 g/mol. The maximum absolute atomic E-state index is 13.8. The van der Waals surface area contributed by atoms with Crippen molar-refractivity contribution in [2.75, 3.05) is 0 Å². The summed E-state index contributed by atoms with van der Waals surface area (Å²) in [6.07, 6.45) is 1.16. The molecule has 1 aromatic heterocycles. The van der Waals surface area contributed by atoms with Gasteiger partial charge in [-0.2, -0.15) is 0 Å². The summed E-state index contributed by atoms with van der Waals surface area (Å²) >= 11 is 0. The maximum atomic E-state index is 13.8. The number of hydrogen-bond acceptors (Lipinski definition) is 2. The van der Waals surface area contributed by atoms with Crippen molar-refractivity contribution in [3.63, 3.8) is 0 Å². The minimum Gasteiger partial charge on any atom is -0.344 e. The Balaban J connectivity index is 3.08. The number of ketones is 1. The number of carbonyl (C=O) groups is 1. The van der Waals surface area contributed by atoms with E-state index in [4.69, 9.17) is 0 Å². The van der Waals surface area contributed by atoms with Gasteiger partial charge in [-0.05, 0) is 19.9 Å². The van der Waals surface area contributed by atoms with E-state index in [0.29, 0.717) is 6.07 Å². The fraction of sp³-hybridized carbons (Fsp3) is 0.231. The predicted octanol–water partition coefficient (Wildman–Crippen LogP) is 2.64. The van der Waals surface area contributed by atoms with Gasteiger partial charge in [0.1, 0.15) is 0 Å². The summed E-state index contributed by atoms with van der Waals surface area (Å²) in [6, 6.07) is 0.620. The van der Waals surface area contributed by atoms with Gasteiger partial charge in [0.05, 0.1) is 16.5 Å². The summed E-state index contributed by atoms with van der Waals surface area (Å²) in [7, 11) is 0. The summed E-state index contributed by atoms with van der Waals surface area (Å²) in [4.78, 5) is 23.3. The number of hydrogen-bond donors (Lipinski definition) is 0. The van der Waals surface area contributed by atoms with Gasteiger partial charge in [0.25, 0.3) is 0 Å². The molecule has 0 saturated heterocycles. The number of halogens is 3. The van der Waals surface area contributed by atoms with Crippen LogP contribution in [0.1, 0.15) is 24.2 Å². The van der Waals surface area contributed by atoms with Crippen molar-refractivity contribution in [3.05, 3.63) is 45.5 Å². The first-order valence-corrected chi connectivity index (χ1v) is 5.60. The van der Waals surface area contributed by atoms with E-state index in [2.05, 4.69) is 0 Å². The SMILES string of the molecule is CCn1cc(C(C)=O)c(=O)c2cc(F)c(F)c(F)c21. The van der Waals surface area contributed by atoms with Gasteiger partial charge in [0.15, 0.2) is 28.7 Å². The fourth-order valence-corrected chi connectivity index (χ4v) is 1.96. The van der Waals surface area contributed by atoms with Crippen LogP contribution >= 0.6 is 0 Å². The number of benzene rings is 1. The molecule has 1 aromatic carbocycles. The monoisotopic (exact) mass is 269 g/mol. The van der Waals surface area contributed by atoms with Crippen LogP contribution in [0, 0.1) is 17.5 Å². The zero-order chi connectivity index (χ0) is 14.3. The Labute approximate surface area is 106 Å². The van der Waals surface area contributed by atoms with Crippen LogP contribution in [0.2, 0.25) is 0 Å². The number of aromatic nitrogens is 1. The minimum absolute atomic E-state index is 0.181. The van der Waals surface area contributed by atoms with Crippen molar-refractivity contribution >= 4 is 16.7 Å². The number of Topliss-reactive ketones (excluding diaryl/α,β-unsaturated/α-hetero) is 1. The third-order valence-electron chi connectivity index (χ3n) is 2.92. The molecule has 0 atom stereocenters. The molecule has 0 bridgehead atoms. The molecule has 0 fully saturated rings. The number of carbonyl (C=O) groups excluding carboxylic acids is 1. The van der Waals surface area contributed by atoms with Gasteiger partial charge in [-0.15, -0.1) is 0 Å². The number of fused-ring (bicyclic) bond motifs is 1. The molecule has 2 rings (SSSR count). The molecule has 0 aliphatic heterocycles. The molecule has 3 nitrogen and oxygen atoms in total.